The van der Waals surface area contributed by atoms with Gasteiger partial charge < -0.3 is 30.4 Å². The number of halogens is 4. The van der Waals surface area contributed by atoms with Gasteiger partial charge in [-0.1, -0.05) is 34.0 Å². The van der Waals surface area contributed by atoms with Gasteiger partial charge >= 0.3 is 11.3 Å². The zero-order valence-corrected chi connectivity index (χ0v) is 53.1. The van der Waals surface area contributed by atoms with Gasteiger partial charge in [0.25, 0.3) is 11.8 Å². The third-order valence-corrected chi connectivity index (χ3v) is 16.6. The van der Waals surface area contributed by atoms with Gasteiger partial charge in [0.15, 0.2) is 19.0 Å². The van der Waals surface area contributed by atoms with Crippen LogP contribution in [0.1, 0.15) is 63.6 Å². The number of ketones is 1. The molecular formula is C57H50Br2Cl2N12O9S3. The van der Waals surface area contributed by atoms with E-state index in [4.69, 9.17) is 48.3 Å². The monoisotopic (exact) mass is 1370 g/mol. The quantitative estimate of drug-likeness (QED) is 0.0302. The van der Waals surface area contributed by atoms with Crippen molar-refractivity contribution in [2.24, 2.45) is 0 Å². The number of thiazole rings is 3. The zero-order valence-electron chi connectivity index (χ0n) is 46.0. The molecule has 2 aromatic carbocycles. The molecule has 10 aromatic rings. The van der Waals surface area contributed by atoms with E-state index in [0.29, 0.717) is 67.0 Å². The molecule has 0 fully saturated rings. The van der Waals surface area contributed by atoms with E-state index < -0.39 is 23.7 Å². The van der Waals surface area contributed by atoms with Crippen LogP contribution in [0.2, 0.25) is 0 Å². The van der Waals surface area contributed by atoms with Gasteiger partial charge in [-0.2, -0.15) is 0 Å². The number of carbonyl (C=O) groups is 5. The second-order valence-corrected chi connectivity index (χ2v) is 23.9. The molecule has 0 spiro atoms. The van der Waals surface area contributed by atoms with Crippen molar-refractivity contribution in [3.05, 3.63) is 161 Å². The number of aryl methyl sites for hydroxylation is 5. The summed E-state index contributed by atoms with van der Waals surface area (Å²) < 4.78 is 17.0. The lowest BCUT2D eigenvalue weighted by molar-refractivity contribution is -0.122. The molecule has 438 valence electrons. The first-order valence-electron chi connectivity index (χ1n) is 25.2. The average Bonchev–Trinajstić information content (AvgIpc) is 3.67. The number of hydrogen-bond acceptors (Lipinski definition) is 21. The second-order valence-electron chi connectivity index (χ2n) is 18.6. The number of alkyl halides is 1. The standard InChI is InChI=1S/2C18H15N3O4S.C8H7ClN2S.C7H6BrClN2O.C6H7BrN2/c1-10-5-12-17(19-7-10)26-15(20-12)8-21-13-6-11(18(23)24-2)3-4-14(13)25-9-16(21)22;1-10-4-12-18(19-6-10)26-16(20-12)7-21-13-5-11(14(23)8-22)2-3-15(13)25-9-17(21)24;1-5-2-6-8(10-4-5)12-7(3-9)11-6;1-4-2-5(11-7(9)12)6(8)10-3-4;1-4-2-5(8)6(7)9-3-4/h3-7H,8-9H2,1-2H3;2-6,22H,7-9H2,1H3;2,4H,3H2,1H3;2-3H,1H3,(H,11,12);2-3H,8H2,1H3. The number of carbonyl (C=O) groups excluding carboxylic acids is 5. The van der Waals surface area contributed by atoms with Crippen molar-refractivity contribution in [1.82, 2.24) is 39.9 Å². The van der Waals surface area contributed by atoms with Crippen LogP contribution >= 0.6 is 89.1 Å². The molecule has 12 rings (SSSR count). The molecule has 0 radical (unpaired) electrons. The van der Waals surface area contributed by atoms with E-state index in [2.05, 4.69) is 77.0 Å². The molecule has 3 amide bonds. The number of rotatable bonds is 9. The smallest absolute Gasteiger partial charge is 0.337 e. The Kier molecular flexibility index (Phi) is 21.6. The van der Waals surface area contributed by atoms with Gasteiger partial charge in [0.05, 0.1) is 54.4 Å². The van der Waals surface area contributed by atoms with Crippen molar-refractivity contribution in [3.8, 4) is 11.5 Å². The normalized spacial score (nSPS) is 12.2. The highest BCUT2D eigenvalue weighted by Gasteiger charge is 2.30. The molecule has 28 heteroatoms. The van der Waals surface area contributed by atoms with Crippen LogP contribution in [0.25, 0.3) is 31.0 Å². The lowest BCUT2D eigenvalue weighted by Crippen LogP contribution is -2.38. The molecule has 8 aromatic heterocycles. The summed E-state index contributed by atoms with van der Waals surface area (Å²) in [6.45, 7) is 9.61. The number of methoxy groups -OCH3 is 1. The average molecular weight is 1370 g/mol. The number of nitrogen functional groups attached to an aromatic ring is 1. The molecule has 10 heterocycles. The lowest BCUT2D eigenvalue weighted by atomic mass is 10.1. The third kappa shape index (κ3) is 16.6. The fourth-order valence-electron chi connectivity index (χ4n) is 7.95. The highest BCUT2D eigenvalue weighted by Crippen LogP contribution is 2.37. The van der Waals surface area contributed by atoms with Crippen LogP contribution in [0.3, 0.4) is 0 Å². The Hall–Kier alpha value is -7.69. The van der Waals surface area contributed by atoms with Crippen molar-refractivity contribution in [2.75, 3.05) is 47.8 Å². The number of hydrogen-bond donors (Lipinski definition) is 3. The number of fused-ring (bicyclic) bond motifs is 5. The van der Waals surface area contributed by atoms with Gasteiger partial charge in [-0.25, -0.2) is 44.7 Å². The molecular weight excluding hydrogens is 1320 g/mol. The van der Waals surface area contributed by atoms with Crippen LogP contribution < -0.4 is 30.3 Å². The molecule has 0 saturated carbocycles. The van der Waals surface area contributed by atoms with Gasteiger partial charge in [-0.3, -0.25) is 29.0 Å². The van der Waals surface area contributed by atoms with Crippen molar-refractivity contribution < 1.29 is 43.3 Å². The highest BCUT2D eigenvalue weighted by molar-refractivity contribution is 9.10. The summed E-state index contributed by atoms with van der Waals surface area (Å²) in [6.07, 6.45) is 8.88. The number of nitrogens with two attached hydrogens (primary N) is 1. The Bertz CT molecular complexity index is 3990. The topological polar surface area (TPSA) is 281 Å². The van der Waals surface area contributed by atoms with Crippen LogP contribution in [0.5, 0.6) is 11.5 Å². The fourth-order valence-corrected chi connectivity index (χ4v) is 11.3. The van der Waals surface area contributed by atoms with E-state index in [0.717, 1.165) is 73.9 Å². The number of aliphatic hydroxyl groups excluding tert-OH is 1. The predicted octanol–water partition coefficient (Wildman–Crippen LogP) is 12.2. The summed E-state index contributed by atoms with van der Waals surface area (Å²) in [7, 11) is 1.32. The number of Topliss-reactive ketones (excluding diaryl/α,β-unsaturated/α-hetero) is 1. The summed E-state index contributed by atoms with van der Waals surface area (Å²) >= 11 is 21.6. The Morgan fingerprint density at radius 3 is 1.51 bits per heavy atom. The third-order valence-electron chi connectivity index (χ3n) is 11.9. The molecule has 2 aliphatic rings. The van der Waals surface area contributed by atoms with E-state index in [1.165, 1.54) is 29.8 Å². The predicted molar refractivity (Wildman–Crippen MR) is 338 cm³/mol. The summed E-state index contributed by atoms with van der Waals surface area (Å²) in [4.78, 5) is 99.0. The zero-order chi connectivity index (χ0) is 61.1. The van der Waals surface area contributed by atoms with Gasteiger partial charge in [-0.05, 0) is 173 Å². The van der Waals surface area contributed by atoms with E-state index >= 15 is 0 Å². The van der Waals surface area contributed by atoms with Crippen LogP contribution in [0, 0.1) is 34.6 Å². The van der Waals surface area contributed by atoms with Gasteiger partial charge in [-0.15, -0.1) is 11.6 Å². The Balaban J connectivity index is 0.000000148. The molecule has 0 atom stereocenters. The number of ether oxygens (including phenoxy) is 3. The number of benzene rings is 2. The highest BCUT2D eigenvalue weighted by atomic mass is 79.9. The summed E-state index contributed by atoms with van der Waals surface area (Å²) in [5.41, 5.74) is 16.3. The van der Waals surface area contributed by atoms with Crippen LogP contribution in [0.15, 0.2) is 107 Å². The largest absolute Gasteiger partial charge is 0.482 e. The van der Waals surface area contributed by atoms with Crippen LogP contribution in [0.4, 0.5) is 27.5 Å². The van der Waals surface area contributed by atoms with Crippen molar-refractivity contribution >= 4 is 172 Å². The maximum absolute atomic E-state index is 12.4. The lowest BCUT2D eigenvalue weighted by Gasteiger charge is -2.29. The number of aromatic nitrogens is 8. The summed E-state index contributed by atoms with van der Waals surface area (Å²) in [5, 5.41) is 13.3. The number of esters is 1. The summed E-state index contributed by atoms with van der Waals surface area (Å²) in [6, 6.07) is 19.3. The van der Waals surface area contributed by atoms with Crippen molar-refractivity contribution in [1.29, 1.82) is 0 Å². The minimum absolute atomic E-state index is 0.0488. The van der Waals surface area contributed by atoms with Crippen LogP contribution in [-0.2, 0) is 33.3 Å². The molecule has 0 bridgehead atoms. The van der Waals surface area contributed by atoms with E-state index in [1.54, 1.807) is 88.4 Å². The first-order valence-corrected chi connectivity index (χ1v) is 30.2. The fraction of sp³-hybridized carbons (Fsp3) is 0.211. The van der Waals surface area contributed by atoms with Crippen LogP contribution in [-0.4, -0.2) is 101 Å². The van der Waals surface area contributed by atoms with E-state index in [9.17, 15) is 24.0 Å². The van der Waals surface area contributed by atoms with E-state index in [1.807, 2.05) is 65.1 Å². The Morgan fingerprint density at radius 2 is 1.06 bits per heavy atom. The number of pyridine rings is 5. The number of nitrogens with one attached hydrogen (secondary N) is 1. The minimum Gasteiger partial charge on any atom is -0.482 e. The van der Waals surface area contributed by atoms with Gasteiger partial charge in [0.1, 0.15) is 73.4 Å². The molecule has 21 nitrogen and oxygen atoms in total. The molecule has 0 aliphatic carbocycles. The maximum atomic E-state index is 12.4. The number of anilines is 4. The van der Waals surface area contributed by atoms with Crippen molar-refractivity contribution in [3.63, 3.8) is 0 Å². The summed E-state index contributed by atoms with van der Waals surface area (Å²) in [5.74, 6) is 0.259. The first kappa shape index (κ1) is 63.3. The van der Waals surface area contributed by atoms with Crippen molar-refractivity contribution in [2.45, 2.75) is 53.6 Å². The van der Waals surface area contributed by atoms with Gasteiger partial charge in [0.2, 0.25) is 0 Å². The van der Waals surface area contributed by atoms with Gasteiger partial charge in [0, 0.05) is 36.5 Å². The molecule has 0 saturated heterocycles. The Labute approximate surface area is 524 Å². The number of amides is 3. The minimum atomic E-state index is -0.622. The second kappa shape index (κ2) is 28.9. The molecule has 0 unspecified atom stereocenters. The maximum Gasteiger partial charge on any atom is 0.337 e. The first-order chi connectivity index (χ1) is 40.7. The molecule has 85 heavy (non-hydrogen) atoms. The number of aliphatic hydroxyl groups is 1. The van der Waals surface area contributed by atoms with E-state index in [-0.39, 0.29) is 31.6 Å². The Morgan fingerprint density at radius 1 is 0.635 bits per heavy atom. The molecule has 4 N–H and O–H groups in total. The molecule has 2 aliphatic heterocycles. The number of nitrogens with zero attached hydrogens (tertiary/aromatic N) is 10. The SMILES string of the molecule is COC(=O)c1ccc2c(c1)N(Cc1nc3cc(C)cnc3s1)C(=O)CO2.Cc1cnc(Br)c(N)c1.Cc1cnc(Br)c(NC(=O)Cl)c1.Cc1cnc2sc(CCl)nc2c1.Cc1cnc2sc(CN3C(=O)COc4ccc(C(=O)CO)cc43)nc2c1.